The van der Waals surface area contributed by atoms with Gasteiger partial charge in [0.05, 0.1) is 6.10 Å². The number of esters is 1. The molecule has 1 unspecified atom stereocenters. The topological polar surface area (TPSA) is 71.0 Å². The summed E-state index contributed by atoms with van der Waals surface area (Å²) in [5.41, 5.74) is 0. The number of rotatable bonds is 5. The first-order valence-corrected chi connectivity index (χ1v) is 6.73. The number of nitrogens with zero attached hydrogens (tertiary/aromatic N) is 1. The van der Waals surface area contributed by atoms with Crippen LogP contribution in [0.3, 0.4) is 0 Å². The van der Waals surface area contributed by atoms with Crippen molar-refractivity contribution in [1.29, 1.82) is 0 Å². The molecule has 0 aliphatic carbocycles. The summed E-state index contributed by atoms with van der Waals surface area (Å²) in [5, 5.41) is 0. The molecule has 0 bridgehead atoms. The zero-order valence-electron chi connectivity index (χ0n) is 10.6. The maximum atomic E-state index is 11.6. The van der Waals surface area contributed by atoms with Crippen molar-refractivity contribution in [2.75, 3.05) is 0 Å². The van der Waals surface area contributed by atoms with Crippen molar-refractivity contribution in [3.05, 3.63) is 30.3 Å². The molecule has 2 atom stereocenters. The highest BCUT2D eigenvalue weighted by molar-refractivity contribution is 7.34. The van der Waals surface area contributed by atoms with E-state index in [0.29, 0.717) is 5.75 Å². The second-order valence-electron chi connectivity index (χ2n) is 3.92. The Bertz CT molecular complexity index is 419. The summed E-state index contributed by atoms with van der Waals surface area (Å²) in [6.07, 6.45) is -0.219. The highest BCUT2D eigenvalue weighted by atomic mass is 31.1. The van der Waals surface area contributed by atoms with Gasteiger partial charge in [0.15, 0.2) is 11.8 Å². The Morgan fingerprint density at radius 1 is 1.28 bits per heavy atom. The van der Waals surface area contributed by atoms with Crippen LogP contribution in [0, 0.1) is 0 Å². The molecule has 0 saturated heterocycles. The first-order valence-electron chi connectivity index (χ1n) is 5.60. The lowest BCUT2D eigenvalue weighted by Crippen LogP contribution is -2.21. The second kappa shape index (κ2) is 7.09. The molecule has 0 aliphatic rings. The Morgan fingerprint density at radius 3 is 2.44 bits per heavy atom. The van der Waals surface area contributed by atoms with E-state index in [1.54, 1.807) is 38.1 Å². The van der Waals surface area contributed by atoms with E-state index in [1.165, 1.54) is 6.92 Å². The normalized spacial score (nSPS) is 13.3. The van der Waals surface area contributed by atoms with Crippen molar-refractivity contribution in [1.82, 2.24) is 0 Å². The first kappa shape index (κ1) is 14.6. The van der Waals surface area contributed by atoms with Gasteiger partial charge in [0, 0.05) is 0 Å². The van der Waals surface area contributed by atoms with Gasteiger partial charge < -0.3 is 9.63 Å². The Labute approximate surface area is 107 Å². The number of para-hydroxylation sites is 1. The minimum absolute atomic E-state index is 0.219. The summed E-state index contributed by atoms with van der Waals surface area (Å²) in [6, 6.07) is 7.86. The van der Waals surface area contributed by atoms with E-state index in [4.69, 9.17) is 9.26 Å². The van der Waals surface area contributed by atoms with Crippen molar-refractivity contribution in [3.63, 3.8) is 0 Å². The SMILES string of the molecule is CC(C)OC(=O)[C@@H](C)N=[P+]([O-])Oc1ccccc1. The van der Waals surface area contributed by atoms with Crippen LogP contribution < -0.4 is 9.42 Å². The Morgan fingerprint density at radius 2 is 1.89 bits per heavy atom. The van der Waals surface area contributed by atoms with E-state index >= 15 is 0 Å². The summed E-state index contributed by atoms with van der Waals surface area (Å²) in [7, 11) is -2.28. The van der Waals surface area contributed by atoms with Gasteiger partial charge in [0.25, 0.3) is 0 Å². The van der Waals surface area contributed by atoms with Crippen LogP contribution in [-0.2, 0) is 9.53 Å². The van der Waals surface area contributed by atoms with Crippen LogP contribution in [0.2, 0.25) is 0 Å². The minimum atomic E-state index is -2.28. The molecular weight excluding hydrogens is 253 g/mol. The van der Waals surface area contributed by atoms with Gasteiger partial charge in [-0.25, -0.2) is 4.79 Å². The van der Waals surface area contributed by atoms with E-state index in [-0.39, 0.29) is 6.10 Å². The Balaban J connectivity index is 2.57. The molecule has 0 fully saturated rings. The van der Waals surface area contributed by atoms with Crippen LogP contribution in [0.15, 0.2) is 35.1 Å². The fraction of sp³-hybridized carbons (Fsp3) is 0.417. The summed E-state index contributed by atoms with van der Waals surface area (Å²) in [6.45, 7) is 5.00. The highest BCUT2D eigenvalue weighted by Gasteiger charge is 2.19. The molecule has 0 saturated carbocycles. The van der Waals surface area contributed by atoms with Gasteiger partial charge in [0.1, 0.15) is 0 Å². The van der Waals surface area contributed by atoms with E-state index < -0.39 is 20.2 Å². The summed E-state index contributed by atoms with van der Waals surface area (Å²) >= 11 is 0. The molecule has 0 amide bonds. The Hall–Kier alpha value is -1.45. The molecular formula is C12H16NO4P. The first-order chi connectivity index (χ1) is 8.49. The smallest absolute Gasteiger partial charge is 0.395 e. The average molecular weight is 269 g/mol. The van der Waals surface area contributed by atoms with Crippen molar-refractivity contribution in [2.45, 2.75) is 32.9 Å². The molecule has 1 aromatic carbocycles. The quantitative estimate of drug-likeness (QED) is 0.607. The number of carbonyl (C=O) groups is 1. The van der Waals surface area contributed by atoms with Crippen molar-refractivity contribution < 1.29 is 18.9 Å². The minimum Gasteiger partial charge on any atom is -0.575 e. The predicted octanol–water partition coefficient (Wildman–Crippen LogP) is 2.26. The number of hydrogen-bond acceptors (Lipinski definition) is 5. The van der Waals surface area contributed by atoms with Crippen molar-refractivity contribution in [3.8, 4) is 5.75 Å². The summed E-state index contributed by atoms with van der Waals surface area (Å²) in [5.74, 6) is -0.0585. The van der Waals surface area contributed by atoms with Gasteiger partial charge in [-0.2, -0.15) is 0 Å². The van der Waals surface area contributed by atoms with Crippen LogP contribution in [0.4, 0.5) is 0 Å². The van der Waals surface area contributed by atoms with E-state index in [9.17, 15) is 9.69 Å². The molecule has 1 aromatic rings. The lowest BCUT2D eigenvalue weighted by Gasteiger charge is -2.08. The number of carbonyl (C=O) groups excluding carboxylic acids is 1. The maximum Gasteiger partial charge on any atom is 0.395 e. The summed E-state index contributed by atoms with van der Waals surface area (Å²) < 4.78 is 13.8. The van der Waals surface area contributed by atoms with E-state index in [0.717, 1.165) is 0 Å². The van der Waals surface area contributed by atoms with E-state index in [1.807, 2.05) is 6.07 Å². The van der Waals surface area contributed by atoms with Crippen molar-refractivity contribution >= 4 is 14.1 Å². The zero-order chi connectivity index (χ0) is 13.5. The van der Waals surface area contributed by atoms with E-state index in [2.05, 4.69) is 4.74 Å². The molecule has 18 heavy (non-hydrogen) atoms. The molecule has 0 N–H and O–H groups in total. The lowest BCUT2D eigenvalue weighted by molar-refractivity contribution is -0.170. The average Bonchev–Trinajstić information content (AvgIpc) is 2.29. The fourth-order valence-electron chi connectivity index (χ4n) is 1.11. The fourth-order valence-corrected chi connectivity index (χ4v) is 1.84. The third-order valence-electron chi connectivity index (χ3n) is 1.89. The molecule has 0 spiro atoms. The predicted molar refractivity (Wildman–Crippen MR) is 67.1 cm³/mol. The molecule has 6 heteroatoms. The standard InChI is InChI=1S/C12H16NO4P/c1-9(2)16-12(14)10(3)13-18(15)17-11-7-5-4-6-8-11/h4-10H,1-3H3/t10-/m1/s1. The molecule has 0 heterocycles. The lowest BCUT2D eigenvalue weighted by atomic mass is 10.3. The van der Waals surface area contributed by atoms with Gasteiger partial charge in [-0.05, 0) is 32.9 Å². The monoisotopic (exact) mass is 269 g/mol. The maximum absolute atomic E-state index is 11.6. The van der Waals surface area contributed by atoms with Crippen LogP contribution in [-0.4, -0.2) is 18.1 Å². The van der Waals surface area contributed by atoms with Gasteiger partial charge in [-0.1, -0.05) is 22.9 Å². The third-order valence-corrected chi connectivity index (χ3v) is 2.79. The molecule has 98 valence electrons. The number of benzene rings is 1. The van der Waals surface area contributed by atoms with Crippen LogP contribution in [0.5, 0.6) is 5.75 Å². The molecule has 1 rings (SSSR count). The van der Waals surface area contributed by atoms with Gasteiger partial charge in [-0.3, -0.25) is 4.52 Å². The largest absolute Gasteiger partial charge is 0.575 e. The van der Waals surface area contributed by atoms with Crippen LogP contribution >= 0.6 is 8.17 Å². The number of ether oxygens (including phenoxy) is 1. The van der Waals surface area contributed by atoms with Crippen molar-refractivity contribution in [2.24, 2.45) is 4.74 Å². The molecule has 0 radical (unpaired) electrons. The molecule has 0 aliphatic heterocycles. The Kier molecular flexibility index (Phi) is 5.75. The zero-order valence-corrected chi connectivity index (χ0v) is 11.5. The second-order valence-corrected chi connectivity index (χ2v) is 4.81. The molecule has 5 nitrogen and oxygen atoms in total. The number of hydrogen-bond donors (Lipinski definition) is 0. The van der Waals surface area contributed by atoms with Crippen LogP contribution in [0.1, 0.15) is 20.8 Å². The van der Waals surface area contributed by atoms with Gasteiger partial charge in [-0.15, -0.1) is 0 Å². The molecule has 0 aromatic heterocycles. The summed E-state index contributed by atoms with van der Waals surface area (Å²) in [4.78, 5) is 23.0. The van der Waals surface area contributed by atoms with Crippen LogP contribution in [0.25, 0.3) is 0 Å². The van der Waals surface area contributed by atoms with Gasteiger partial charge >= 0.3 is 14.1 Å². The highest BCUT2D eigenvalue weighted by Crippen LogP contribution is 2.23. The third kappa shape index (κ3) is 5.25. The van der Waals surface area contributed by atoms with Gasteiger partial charge in [0.2, 0.25) is 0 Å².